The summed E-state index contributed by atoms with van der Waals surface area (Å²) in [6, 6.07) is 20.3. The van der Waals surface area contributed by atoms with E-state index in [1.165, 1.54) is 29.2 Å². The predicted molar refractivity (Wildman–Crippen MR) is 95.2 cm³/mol. The lowest BCUT2D eigenvalue weighted by molar-refractivity contribution is 0.0965. The zero-order chi connectivity index (χ0) is 17.9. The van der Waals surface area contributed by atoms with Gasteiger partial charge in [-0.05, 0) is 36.4 Å². The van der Waals surface area contributed by atoms with Gasteiger partial charge in [-0.1, -0.05) is 36.4 Å². The Kier molecular flexibility index (Phi) is 4.72. The third-order valence-electron chi connectivity index (χ3n) is 3.76. The lowest BCUT2D eigenvalue weighted by Crippen LogP contribution is -2.25. The number of furan rings is 1. The third-order valence-corrected chi connectivity index (χ3v) is 5.41. The summed E-state index contributed by atoms with van der Waals surface area (Å²) >= 11 is 0. The second-order valence-electron chi connectivity index (χ2n) is 5.54. The van der Waals surface area contributed by atoms with E-state index in [-0.39, 0.29) is 28.1 Å². The molecule has 0 fully saturated rings. The summed E-state index contributed by atoms with van der Waals surface area (Å²) in [6.07, 6.45) is 0. The van der Waals surface area contributed by atoms with E-state index >= 15 is 0 Å². The monoisotopic (exact) mass is 355 g/mol. The zero-order valence-corrected chi connectivity index (χ0v) is 14.4. The number of hydrogen-bond acceptors (Lipinski definition) is 4. The first-order chi connectivity index (χ1) is 12.0. The Morgan fingerprint density at radius 2 is 1.52 bits per heavy atom. The van der Waals surface area contributed by atoms with Crippen LogP contribution in [0.25, 0.3) is 0 Å². The van der Waals surface area contributed by atoms with Crippen LogP contribution in [0.1, 0.15) is 16.3 Å². The normalized spacial score (nSPS) is 11.2. The highest BCUT2D eigenvalue weighted by atomic mass is 32.2. The average Bonchev–Trinajstić information content (AvgIpc) is 3.09. The van der Waals surface area contributed by atoms with Gasteiger partial charge >= 0.3 is 0 Å². The van der Waals surface area contributed by atoms with Gasteiger partial charge in [-0.3, -0.25) is 4.79 Å². The molecule has 0 bridgehead atoms. The highest BCUT2D eigenvalue weighted by molar-refractivity contribution is 7.90. The van der Waals surface area contributed by atoms with Crippen molar-refractivity contribution in [2.75, 3.05) is 11.9 Å². The Morgan fingerprint density at radius 1 is 0.920 bits per heavy atom. The van der Waals surface area contributed by atoms with Gasteiger partial charge in [-0.25, -0.2) is 8.42 Å². The molecule has 0 atom stereocenters. The van der Waals surface area contributed by atoms with Crippen molar-refractivity contribution in [3.8, 4) is 0 Å². The van der Waals surface area contributed by atoms with Gasteiger partial charge in [-0.2, -0.15) is 0 Å². The molecule has 0 aliphatic rings. The summed E-state index contributed by atoms with van der Waals surface area (Å²) in [4.78, 5) is 14.2. The van der Waals surface area contributed by atoms with Gasteiger partial charge in [0.2, 0.25) is 0 Å². The quantitative estimate of drug-likeness (QED) is 0.702. The number of amides is 1. The van der Waals surface area contributed by atoms with E-state index in [1.54, 1.807) is 25.2 Å². The molecule has 1 amide bonds. The zero-order valence-electron chi connectivity index (χ0n) is 13.6. The number of carbonyl (C=O) groups excluding carboxylic acids is 1. The molecule has 5 nitrogen and oxygen atoms in total. The van der Waals surface area contributed by atoms with Crippen LogP contribution in [0.3, 0.4) is 0 Å². The summed E-state index contributed by atoms with van der Waals surface area (Å²) in [5.74, 6) is -0.299. The van der Waals surface area contributed by atoms with Gasteiger partial charge in [0.1, 0.15) is 11.5 Å². The number of carbonyl (C=O) groups is 1. The molecule has 0 spiro atoms. The largest absolute Gasteiger partial charge is 0.455 e. The molecular weight excluding hydrogens is 338 g/mol. The van der Waals surface area contributed by atoms with Crippen LogP contribution >= 0.6 is 0 Å². The van der Waals surface area contributed by atoms with E-state index < -0.39 is 9.84 Å². The fraction of sp³-hybridized carbons (Fsp3) is 0.105. The van der Waals surface area contributed by atoms with Gasteiger partial charge in [0, 0.05) is 12.7 Å². The first kappa shape index (κ1) is 17.0. The lowest BCUT2D eigenvalue weighted by Gasteiger charge is -2.15. The van der Waals surface area contributed by atoms with E-state index in [1.807, 2.05) is 30.3 Å². The Morgan fingerprint density at radius 3 is 2.16 bits per heavy atom. The van der Waals surface area contributed by atoms with Crippen molar-refractivity contribution in [1.82, 2.24) is 0 Å². The molecule has 0 unspecified atom stereocenters. The molecule has 6 heteroatoms. The SMILES string of the molecule is CN(C(=O)c1ccc(CS(=O)(=O)c2ccccc2)o1)c1ccccc1. The van der Waals surface area contributed by atoms with Gasteiger partial charge in [0.05, 0.1) is 4.90 Å². The molecule has 0 radical (unpaired) electrons. The Balaban J connectivity index is 1.78. The van der Waals surface area contributed by atoms with Crippen molar-refractivity contribution in [2.45, 2.75) is 10.6 Å². The van der Waals surface area contributed by atoms with Crippen LogP contribution in [0.2, 0.25) is 0 Å². The van der Waals surface area contributed by atoms with E-state index in [4.69, 9.17) is 4.42 Å². The standard InChI is InChI=1S/C19H17NO4S/c1-20(15-8-4-2-5-9-15)19(21)18-13-12-16(24-18)14-25(22,23)17-10-6-3-7-11-17/h2-13H,14H2,1H3. The average molecular weight is 355 g/mol. The molecule has 3 rings (SSSR count). The molecule has 1 aromatic heterocycles. The van der Waals surface area contributed by atoms with Gasteiger partial charge < -0.3 is 9.32 Å². The highest BCUT2D eigenvalue weighted by Crippen LogP contribution is 2.20. The molecule has 0 N–H and O–H groups in total. The van der Waals surface area contributed by atoms with Crippen LogP contribution in [0, 0.1) is 0 Å². The summed E-state index contributed by atoms with van der Waals surface area (Å²) < 4.78 is 30.2. The Labute approximate surface area is 146 Å². The molecule has 3 aromatic rings. The maximum atomic E-state index is 12.5. The smallest absolute Gasteiger partial charge is 0.293 e. The molecule has 25 heavy (non-hydrogen) atoms. The van der Waals surface area contributed by atoms with Crippen molar-refractivity contribution in [3.05, 3.63) is 84.3 Å². The molecule has 0 aliphatic heterocycles. The molecule has 0 saturated heterocycles. The summed E-state index contributed by atoms with van der Waals surface area (Å²) in [5, 5.41) is 0. The first-order valence-corrected chi connectivity index (χ1v) is 9.32. The van der Waals surface area contributed by atoms with Crippen LogP contribution in [-0.2, 0) is 15.6 Å². The maximum absolute atomic E-state index is 12.5. The number of hydrogen-bond donors (Lipinski definition) is 0. The second kappa shape index (κ2) is 6.94. The number of anilines is 1. The van der Waals surface area contributed by atoms with Crippen molar-refractivity contribution >= 4 is 21.4 Å². The van der Waals surface area contributed by atoms with E-state index in [9.17, 15) is 13.2 Å². The van der Waals surface area contributed by atoms with Crippen molar-refractivity contribution in [2.24, 2.45) is 0 Å². The van der Waals surface area contributed by atoms with Crippen LogP contribution in [0.4, 0.5) is 5.69 Å². The van der Waals surface area contributed by atoms with Crippen molar-refractivity contribution in [3.63, 3.8) is 0 Å². The van der Waals surface area contributed by atoms with Gasteiger partial charge in [-0.15, -0.1) is 0 Å². The molecule has 1 heterocycles. The van der Waals surface area contributed by atoms with Crippen LogP contribution in [0.5, 0.6) is 0 Å². The number of para-hydroxylation sites is 1. The number of benzene rings is 2. The molecule has 0 aliphatic carbocycles. The number of sulfone groups is 1. The van der Waals surface area contributed by atoms with Crippen LogP contribution in [-0.4, -0.2) is 21.4 Å². The summed E-state index contributed by atoms with van der Waals surface area (Å²) in [7, 11) is -1.88. The van der Waals surface area contributed by atoms with Crippen LogP contribution < -0.4 is 4.90 Å². The minimum absolute atomic E-state index is 0.101. The minimum Gasteiger partial charge on any atom is -0.455 e. The lowest BCUT2D eigenvalue weighted by atomic mass is 10.3. The van der Waals surface area contributed by atoms with E-state index in [0.29, 0.717) is 0 Å². The minimum atomic E-state index is -3.52. The van der Waals surface area contributed by atoms with E-state index in [0.717, 1.165) is 5.69 Å². The summed E-state index contributed by atoms with van der Waals surface area (Å²) in [5.41, 5.74) is 0.724. The third kappa shape index (κ3) is 3.80. The molecule has 2 aromatic carbocycles. The van der Waals surface area contributed by atoms with Gasteiger partial charge in [0.15, 0.2) is 15.6 Å². The second-order valence-corrected chi connectivity index (χ2v) is 7.53. The van der Waals surface area contributed by atoms with Crippen molar-refractivity contribution < 1.29 is 17.6 Å². The summed E-state index contributed by atoms with van der Waals surface area (Å²) in [6.45, 7) is 0. The number of nitrogens with zero attached hydrogens (tertiary/aromatic N) is 1. The first-order valence-electron chi connectivity index (χ1n) is 7.67. The molecule has 0 saturated carbocycles. The van der Waals surface area contributed by atoms with Crippen molar-refractivity contribution in [1.29, 1.82) is 0 Å². The predicted octanol–water partition coefficient (Wildman–Crippen LogP) is 3.53. The van der Waals surface area contributed by atoms with Gasteiger partial charge in [0.25, 0.3) is 5.91 Å². The topological polar surface area (TPSA) is 67.6 Å². The Bertz CT molecular complexity index is 963. The number of rotatable bonds is 5. The molecule has 128 valence electrons. The fourth-order valence-corrected chi connectivity index (χ4v) is 3.67. The van der Waals surface area contributed by atoms with Crippen LogP contribution in [0.15, 0.2) is 82.1 Å². The maximum Gasteiger partial charge on any atom is 0.293 e. The van der Waals surface area contributed by atoms with E-state index in [2.05, 4.69) is 0 Å². The highest BCUT2D eigenvalue weighted by Gasteiger charge is 2.21. The fourth-order valence-electron chi connectivity index (χ4n) is 2.40. The Hall–Kier alpha value is -2.86. The molecular formula is C19H17NO4S.